The molecule has 2 heterocycles. The molecule has 3 rings (SSSR count). The lowest BCUT2D eigenvalue weighted by Gasteiger charge is -2.35. The minimum Gasteiger partial charge on any atom is -0.373 e. The van der Waals surface area contributed by atoms with Crippen molar-refractivity contribution in [3.05, 3.63) is 24.3 Å². The number of hydrogen-bond donors (Lipinski definition) is 0. The van der Waals surface area contributed by atoms with E-state index >= 15 is 0 Å². The molecule has 0 N–H and O–H groups in total. The molecule has 110 valence electrons. The first-order valence-electron chi connectivity index (χ1n) is 7.52. The molecule has 4 heteroatoms. The molecule has 2 aliphatic heterocycles. The van der Waals surface area contributed by atoms with Crippen LogP contribution < -0.4 is 9.80 Å². The normalized spacial score (nSPS) is 27.1. The minimum absolute atomic E-state index is 0.280. The van der Waals surface area contributed by atoms with Crippen LogP contribution in [-0.2, 0) is 9.47 Å². The smallest absolute Gasteiger partial charge is 0.147 e. The SMILES string of the molecule is C[C@H]1CCN(C)c2ccccc2N1C[C@@H]1CCOCO1. The van der Waals surface area contributed by atoms with Gasteiger partial charge in [0.1, 0.15) is 6.79 Å². The molecule has 1 fully saturated rings. The van der Waals surface area contributed by atoms with Crippen molar-refractivity contribution in [1.82, 2.24) is 0 Å². The zero-order chi connectivity index (χ0) is 13.9. The van der Waals surface area contributed by atoms with Crippen LogP contribution in [0.2, 0.25) is 0 Å². The Kier molecular flexibility index (Phi) is 4.13. The first-order chi connectivity index (χ1) is 9.75. The van der Waals surface area contributed by atoms with Gasteiger partial charge in [0.05, 0.1) is 24.1 Å². The van der Waals surface area contributed by atoms with E-state index in [0.717, 1.165) is 26.1 Å². The topological polar surface area (TPSA) is 24.9 Å². The van der Waals surface area contributed by atoms with E-state index in [0.29, 0.717) is 12.8 Å². The van der Waals surface area contributed by atoms with E-state index in [4.69, 9.17) is 9.47 Å². The fourth-order valence-corrected chi connectivity index (χ4v) is 3.07. The van der Waals surface area contributed by atoms with Crippen molar-refractivity contribution in [2.75, 3.05) is 43.3 Å². The standard InChI is InChI=1S/C16H24N2O2/c1-13-7-9-17(2)15-5-3-4-6-16(15)18(13)11-14-8-10-19-12-20-14/h3-6,13-14H,7-12H2,1-2H3/t13-,14-/m0/s1. The molecule has 0 aromatic heterocycles. The van der Waals surface area contributed by atoms with Gasteiger partial charge < -0.3 is 19.3 Å². The van der Waals surface area contributed by atoms with Gasteiger partial charge in [0, 0.05) is 26.2 Å². The van der Waals surface area contributed by atoms with Crippen molar-refractivity contribution in [3.63, 3.8) is 0 Å². The Morgan fingerprint density at radius 3 is 2.75 bits per heavy atom. The molecule has 0 aliphatic carbocycles. The number of rotatable bonds is 2. The van der Waals surface area contributed by atoms with Crippen LogP contribution in [0.5, 0.6) is 0 Å². The first-order valence-corrected chi connectivity index (χ1v) is 7.52. The van der Waals surface area contributed by atoms with Crippen molar-refractivity contribution in [2.45, 2.75) is 31.9 Å². The highest BCUT2D eigenvalue weighted by atomic mass is 16.7. The van der Waals surface area contributed by atoms with Crippen LogP contribution in [0.3, 0.4) is 0 Å². The van der Waals surface area contributed by atoms with Crippen molar-refractivity contribution in [3.8, 4) is 0 Å². The number of anilines is 2. The van der Waals surface area contributed by atoms with Crippen molar-refractivity contribution < 1.29 is 9.47 Å². The monoisotopic (exact) mass is 276 g/mol. The van der Waals surface area contributed by atoms with Crippen LogP contribution in [0.25, 0.3) is 0 Å². The van der Waals surface area contributed by atoms with Gasteiger partial charge in [-0.3, -0.25) is 0 Å². The fourth-order valence-electron chi connectivity index (χ4n) is 3.07. The van der Waals surface area contributed by atoms with Gasteiger partial charge in [-0.15, -0.1) is 0 Å². The number of ether oxygens (including phenoxy) is 2. The van der Waals surface area contributed by atoms with Gasteiger partial charge in [0.15, 0.2) is 0 Å². The Bertz CT molecular complexity index is 446. The maximum atomic E-state index is 5.73. The molecule has 20 heavy (non-hydrogen) atoms. The molecule has 1 aromatic carbocycles. The second-order valence-electron chi connectivity index (χ2n) is 5.80. The second-order valence-corrected chi connectivity index (χ2v) is 5.80. The summed E-state index contributed by atoms with van der Waals surface area (Å²) in [5, 5.41) is 0. The van der Waals surface area contributed by atoms with E-state index in [1.165, 1.54) is 17.8 Å². The summed E-state index contributed by atoms with van der Waals surface area (Å²) in [6.45, 7) is 5.62. The predicted octanol–water partition coefficient (Wildman–Crippen LogP) is 2.48. The lowest BCUT2D eigenvalue weighted by atomic mass is 10.1. The third kappa shape index (κ3) is 2.76. The number of benzene rings is 1. The first kappa shape index (κ1) is 13.7. The summed E-state index contributed by atoms with van der Waals surface area (Å²) in [5.74, 6) is 0. The third-order valence-electron chi connectivity index (χ3n) is 4.39. The van der Waals surface area contributed by atoms with Crippen LogP contribution in [0, 0.1) is 0 Å². The molecule has 2 aliphatic rings. The minimum atomic E-state index is 0.280. The summed E-state index contributed by atoms with van der Waals surface area (Å²) in [7, 11) is 2.18. The Morgan fingerprint density at radius 2 is 2.00 bits per heavy atom. The van der Waals surface area contributed by atoms with Gasteiger partial charge in [-0.2, -0.15) is 0 Å². The van der Waals surface area contributed by atoms with Gasteiger partial charge in [0.25, 0.3) is 0 Å². The number of para-hydroxylation sites is 2. The van der Waals surface area contributed by atoms with Gasteiger partial charge in [0.2, 0.25) is 0 Å². The molecule has 0 bridgehead atoms. The van der Waals surface area contributed by atoms with Crippen molar-refractivity contribution >= 4 is 11.4 Å². The average molecular weight is 276 g/mol. The van der Waals surface area contributed by atoms with Crippen molar-refractivity contribution in [2.24, 2.45) is 0 Å². The Balaban J connectivity index is 1.84. The molecule has 0 spiro atoms. The molecule has 1 saturated heterocycles. The fraction of sp³-hybridized carbons (Fsp3) is 0.625. The summed E-state index contributed by atoms with van der Waals surface area (Å²) in [6, 6.07) is 9.22. The van der Waals surface area contributed by atoms with E-state index in [1.54, 1.807) is 0 Å². The highest BCUT2D eigenvalue weighted by Gasteiger charge is 2.26. The van der Waals surface area contributed by atoms with Crippen LogP contribution in [0.1, 0.15) is 19.8 Å². The summed E-state index contributed by atoms with van der Waals surface area (Å²) in [4.78, 5) is 4.87. The summed E-state index contributed by atoms with van der Waals surface area (Å²) >= 11 is 0. The maximum absolute atomic E-state index is 5.73. The van der Waals surface area contributed by atoms with E-state index in [-0.39, 0.29) is 6.10 Å². The van der Waals surface area contributed by atoms with Gasteiger partial charge in [-0.25, -0.2) is 0 Å². The molecule has 2 atom stereocenters. The Morgan fingerprint density at radius 1 is 1.20 bits per heavy atom. The van der Waals surface area contributed by atoms with E-state index in [1.807, 2.05) is 0 Å². The highest BCUT2D eigenvalue weighted by Crippen LogP contribution is 2.34. The summed E-state index contributed by atoms with van der Waals surface area (Å²) in [6.07, 6.45) is 2.44. The Hall–Kier alpha value is -1.26. The number of fused-ring (bicyclic) bond motifs is 1. The average Bonchev–Trinajstić information content (AvgIpc) is 2.61. The van der Waals surface area contributed by atoms with Crippen molar-refractivity contribution in [1.29, 1.82) is 0 Å². The lowest BCUT2D eigenvalue weighted by molar-refractivity contribution is -0.135. The summed E-state index contributed by atoms with van der Waals surface area (Å²) in [5.41, 5.74) is 2.65. The highest BCUT2D eigenvalue weighted by molar-refractivity contribution is 5.72. The number of nitrogens with zero attached hydrogens (tertiary/aromatic N) is 2. The van der Waals surface area contributed by atoms with Gasteiger partial charge >= 0.3 is 0 Å². The molecule has 1 aromatic rings. The third-order valence-corrected chi connectivity index (χ3v) is 4.39. The second kappa shape index (κ2) is 6.02. The molecule has 4 nitrogen and oxygen atoms in total. The van der Waals surface area contributed by atoms with Crippen LogP contribution in [0.4, 0.5) is 11.4 Å². The van der Waals surface area contributed by atoms with E-state index < -0.39 is 0 Å². The quantitative estimate of drug-likeness (QED) is 0.828. The molecule has 0 saturated carbocycles. The zero-order valence-electron chi connectivity index (χ0n) is 12.4. The molecule has 0 amide bonds. The van der Waals surface area contributed by atoms with Crippen LogP contribution in [-0.4, -0.2) is 45.7 Å². The van der Waals surface area contributed by atoms with Crippen LogP contribution in [0.15, 0.2) is 24.3 Å². The summed E-state index contributed by atoms with van der Waals surface area (Å²) < 4.78 is 11.0. The zero-order valence-corrected chi connectivity index (χ0v) is 12.4. The van der Waals surface area contributed by atoms with E-state index in [9.17, 15) is 0 Å². The largest absolute Gasteiger partial charge is 0.373 e. The molecular weight excluding hydrogens is 252 g/mol. The molecule has 0 radical (unpaired) electrons. The lowest BCUT2D eigenvalue weighted by Crippen LogP contribution is -2.42. The predicted molar refractivity (Wildman–Crippen MR) is 81.4 cm³/mol. The number of hydrogen-bond acceptors (Lipinski definition) is 4. The molecule has 0 unspecified atom stereocenters. The molecular formula is C16H24N2O2. The van der Waals surface area contributed by atoms with Crippen LogP contribution >= 0.6 is 0 Å². The maximum Gasteiger partial charge on any atom is 0.147 e. The van der Waals surface area contributed by atoms with E-state index in [2.05, 4.69) is 48.0 Å². The van der Waals surface area contributed by atoms with Gasteiger partial charge in [-0.05, 0) is 31.9 Å². The van der Waals surface area contributed by atoms with Gasteiger partial charge in [-0.1, -0.05) is 12.1 Å². The Labute approximate surface area is 121 Å².